The standard InChI is InChI=1S/C3H7NO.ClH.H3N/c1-4(2)3-5;;/h3H,1-2H3;1H;1H3. The fourth-order valence-corrected chi connectivity index (χ4v) is 0. The van der Waals surface area contributed by atoms with Crippen LogP contribution >= 0.6 is 0 Å². The fraction of sp³-hybridized carbons (Fsp3) is 0.667. The number of carbonyl (C=O) groups is 1. The van der Waals surface area contributed by atoms with Gasteiger partial charge in [-0.25, -0.2) is 0 Å². The monoisotopic (exact) mass is 126 g/mol. The Labute approximate surface area is 49.7 Å². The maximum absolute atomic E-state index is 9.43. The van der Waals surface area contributed by atoms with Crippen LogP contribution in [0, 0.1) is 0 Å². The SMILES string of the molecule is CN(C)C=O.[Cl-].[NH4+]. The number of hydrogen-bond acceptors (Lipinski definition) is 1. The van der Waals surface area contributed by atoms with Crippen molar-refractivity contribution in [3.63, 3.8) is 0 Å². The van der Waals surface area contributed by atoms with Gasteiger partial charge in [-0.15, -0.1) is 0 Å². The molecular weight excluding hydrogens is 115 g/mol. The summed E-state index contributed by atoms with van der Waals surface area (Å²) < 4.78 is 0. The van der Waals surface area contributed by atoms with Crippen molar-refractivity contribution in [1.29, 1.82) is 0 Å². The van der Waals surface area contributed by atoms with Crippen LogP contribution in [0.5, 0.6) is 0 Å². The summed E-state index contributed by atoms with van der Waals surface area (Å²) in [5, 5.41) is 0. The molecule has 0 aromatic carbocycles. The minimum absolute atomic E-state index is 0. The quantitative estimate of drug-likeness (QED) is 0.376. The molecule has 4 N–H and O–H groups in total. The van der Waals surface area contributed by atoms with E-state index >= 15 is 0 Å². The third-order valence-corrected chi connectivity index (χ3v) is 0.211. The van der Waals surface area contributed by atoms with Crippen molar-refractivity contribution in [2.75, 3.05) is 14.1 Å². The Morgan fingerprint density at radius 2 is 1.57 bits per heavy atom. The second-order valence-electron chi connectivity index (χ2n) is 1.07. The highest BCUT2D eigenvalue weighted by atomic mass is 35.5. The summed E-state index contributed by atoms with van der Waals surface area (Å²) in [5.41, 5.74) is 0. The summed E-state index contributed by atoms with van der Waals surface area (Å²) in [6.07, 6.45) is 0.750. The Kier molecular flexibility index (Phi) is 20.9. The molecule has 0 aliphatic heterocycles. The molecule has 46 valence electrons. The average molecular weight is 127 g/mol. The number of rotatable bonds is 1. The lowest BCUT2D eigenvalue weighted by molar-refractivity contribution is -0.115. The molecule has 0 radical (unpaired) electrons. The number of carbonyl (C=O) groups excluding carboxylic acids is 1. The molecule has 0 aliphatic rings. The van der Waals surface area contributed by atoms with E-state index in [1.165, 1.54) is 4.90 Å². The molecule has 0 aromatic heterocycles. The minimum Gasteiger partial charge on any atom is -1.00 e. The summed E-state index contributed by atoms with van der Waals surface area (Å²) in [7, 11) is 3.38. The van der Waals surface area contributed by atoms with E-state index in [4.69, 9.17) is 0 Å². The zero-order valence-corrected chi connectivity index (χ0v) is 5.57. The van der Waals surface area contributed by atoms with E-state index in [2.05, 4.69) is 0 Å². The topological polar surface area (TPSA) is 56.8 Å². The molecule has 0 heterocycles. The smallest absolute Gasteiger partial charge is 0.209 e. The van der Waals surface area contributed by atoms with E-state index in [0.29, 0.717) is 0 Å². The van der Waals surface area contributed by atoms with Gasteiger partial charge in [0.05, 0.1) is 0 Å². The van der Waals surface area contributed by atoms with Crippen LogP contribution in [-0.4, -0.2) is 25.4 Å². The van der Waals surface area contributed by atoms with E-state index in [0.717, 1.165) is 6.41 Å². The van der Waals surface area contributed by atoms with Crippen LogP contribution in [0.4, 0.5) is 0 Å². The average Bonchev–Trinajstić information content (AvgIpc) is 1.38. The predicted molar refractivity (Wildman–Crippen MR) is 25.7 cm³/mol. The minimum atomic E-state index is 0. The van der Waals surface area contributed by atoms with Crippen LogP contribution in [-0.2, 0) is 4.79 Å². The Morgan fingerprint density at radius 3 is 1.57 bits per heavy atom. The fourth-order valence-electron chi connectivity index (χ4n) is 0. The molecule has 4 heteroatoms. The van der Waals surface area contributed by atoms with Crippen molar-refractivity contribution in [2.24, 2.45) is 0 Å². The van der Waals surface area contributed by atoms with Crippen molar-refractivity contribution in [3.05, 3.63) is 0 Å². The molecule has 0 atom stereocenters. The van der Waals surface area contributed by atoms with Gasteiger partial charge >= 0.3 is 0 Å². The van der Waals surface area contributed by atoms with E-state index < -0.39 is 0 Å². The summed E-state index contributed by atoms with van der Waals surface area (Å²) in [6.45, 7) is 0. The second kappa shape index (κ2) is 9.21. The van der Waals surface area contributed by atoms with E-state index in [-0.39, 0.29) is 18.6 Å². The molecule has 0 unspecified atom stereocenters. The molecule has 0 rings (SSSR count). The first kappa shape index (κ1) is 15.9. The Bertz CT molecular complexity index is 39.9. The molecule has 0 saturated carbocycles. The van der Waals surface area contributed by atoms with Crippen LogP contribution in [0.2, 0.25) is 0 Å². The maximum atomic E-state index is 9.43. The van der Waals surface area contributed by atoms with Gasteiger partial charge in [0.1, 0.15) is 0 Å². The van der Waals surface area contributed by atoms with Gasteiger partial charge in [-0.05, 0) is 0 Å². The molecule has 0 aliphatic carbocycles. The van der Waals surface area contributed by atoms with Crippen molar-refractivity contribution >= 4 is 6.41 Å². The zero-order valence-electron chi connectivity index (χ0n) is 4.81. The number of hydrogen-bond donors (Lipinski definition) is 1. The Morgan fingerprint density at radius 1 is 1.43 bits per heavy atom. The molecule has 0 spiro atoms. The van der Waals surface area contributed by atoms with E-state index in [1.807, 2.05) is 0 Å². The molecule has 1 amide bonds. The van der Waals surface area contributed by atoms with Crippen LogP contribution in [0.15, 0.2) is 0 Å². The number of quaternary nitrogens is 1. The molecule has 7 heavy (non-hydrogen) atoms. The van der Waals surface area contributed by atoms with Gasteiger partial charge in [0.15, 0.2) is 0 Å². The lowest BCUT2D eigenvalue weighted by Crippen LogP contribution is -3.00. The highest BCUT2D eigenvalue weighted by molar-refractivity contribution is 5.45. The first-order chi connectivity index (χ1) is 2.27. The summed E-state index contributed by atoms with van der Waals surface area (Å²) >= 11 is 0. The normalized spacial score (nSPS) is 4.86. The van der Waals surface area contributed by atoms with Gasteiger partial charge in [-0.2, -0.15) is 0 Å². The highest BCUT2D eigenvalue weighted by Gasteiger charge is 1.68. The summed E-state index contributed by atoms with van der Waals surface area (Å²) in [6, 6.07) is 0. The maximum Gasteiger partial charge on any atom is 0.209 e. The van der Waals surface area contributed by atoms with Crippen LogP contribution < -0.4 is 18.6 Å². The van der Waals surface area contributed by atoms with Gasteiger partial charge in [-0.1, -0.05) is 0 Å². The summed E-state index contributed by atoms with van der Waals surface area (Å²) in [5.74, 6) is 0. The van der Waals surface area contributed by atoms with Crippen molar-refractivity contribution < 1.29 is 17.2 Å². The second-order valence-corrected chi connectivity index (χ2v) is 1.07. The third kappa shape index (κ3) is 26.8. The number of amides is 1. The number of halogens is 1. The van der Waals surface area contributed by atoms with Crippen LogP contribution in [0.25, 0.3) is 0 Å². The van der Waals surface area contributed by atoms with Crippen LogP contribution in [0.1, 0.15) is 0 Å². The molecular formula is C3H11ClN2O. The van der Waals surface area contributed by atoms with Crippen molar-refractivity contribution in [3.8, 4) is 0 Å². The lowest BCUT2D eigenvalue weighted by atomic mass is 11.0. The van der Waals surface area contributed by atoms with E-state index in [1.54, 1.807) is 14.1 Å². The Hall–Kier alpha value is -0.280. The van der Waals surface area contributed by atoms with Crippen molar-refractivity contribution in [1.82, 2.24) is 11.1 Å². The predicted octanol–water partition coefficient (Wildman–Crippen LogP) is -2.92. The van der Waals surface area contributed by atoms with Crippen molar-refractivity contribution in [2.45, 2.75) is 0 Å². The van der Waals surface area contributed by atoms with Gasteiger partial charge in [0.2, 0.25) is 6.41 Å². The highest BCUT2D eigenvalue weighted by Crippen LogP contribution is 1.52. The third-order valence-electron chi connectivity index (χ3n) is 0.211. The lowest BCUT2D eigenvalue weighted by Gasteiger charge is -1.93. The first-order valence-electron chi connectivity index (χ1n) is 1.39. The zero-order chi connectivity index (χ0) is 4.28. The molecule has 3 nitrogen and oxygen atoms in total. The van der Waals surface area contributed by atoms with Gasteiger partial charge < -0.3 is 23.5 Å². The van der Waals surface area contributed by atoms with Gasteiger partial charge in [0.25, 0.3) is 0 Å². The molecule has 0 bridgehead atoms. The number of nitrogens with zero attached hydrogens (tertiary/aromatic N) is 1. The molecule has 0 fully saturated rings. The van der Waals surface area contributed by atoms with Crippen LogP contribution in [0.3, 0.4) is 0 Å². The summed E-state index contributed by atoms with van der Waals surface area (Å²) in [4.78, 5) is 10.9. The van der Waals surface area contributed by atoms with Gasteiger partial charge in [-0.3, -0.25) is 4.79 Å². The molecule has 0 aromatic rings. The first-order valence-corrected chi connectivity index (χ1v) is 1.39. The van der Waals surface area contributed by atoms with E-state index in [9.17, 15) is 4.79 Å². The largest absolute Gasteiger partial charge is 1.00 e. The Balaban J connectivity index is -0.0000000800. The van der Waals surface area contributed by atoms with Gasteiger partial charge in [0, 0.05) is 14.1 Å². The molecule has 0 saturated heterocycles.